The van der Waals surface area contributed by atoms with Crippen molar-refractivity contribution in [1.82, 2.24) is 14.5 Å². The molecular weight excluding hydrogens is 284 g/mol. The molecule has 21 heavy (non-hydrogen) atoms. The molecule has 4 nitrogen and oxygen atoms in total. The number of imidazole rings is 1. The van der Waals surface area contributed by atoms with E-state index in [0.29, 0.717) is 11.6 Å². The highest BCUT2D eigenvalue weighted by molar-refractivity contribution is 6.20. The van der Waals surface area contributed by atoms with Crippen LogP contribution in [0.2, 0.25) is 0 Å². The molecule has 0 amide bonds. The number of benzene rings is 1. The van der Waals surface area contributed by atoms with Gasteiger partial charge < -0.3 is 9.47 Å². The molecule has 0 aliphatic carbocycles. The van der Waals surface area contributed by atoms with E-state index in [1.807, 2.05) is 19.1 Å². The van der Waals surface area contributed by atoms with Gasteiger partial charge in [0.25, 0.3) is 0 Å². The van der Waals surface area contributed by atoms with Gasteiger partial charge in [0.1, 0.15) is 17.4 Å². The van der Waals surface area contributed by atoms with Gasteiger partial charge in [0.2, 0.25) is 0 Å². The molecule has 1 aromatic carbocycles. The van der Waals surface area contributed by atoms with E-state index in [2.05, 4.69) is 41.4 Å². The van der Waals surface area contributed by atoms with Crippen molar-refractivity contribution in [2.24, 2.45) is 0 Å². The van der Waals surface area contributed by atoms with Crippen molar-refractivity contribution >= 4 is 22.6 Å². The van der Waals surface area contributed by atoms with Crippen LogP contribution in [0.5, 0.6) is 0 Å². The fourth-order valence-electron chi connectivity index (χ4n) is 2.31. The predicted octanol–water partition coefficient (Wildman–Crippen LogP) is 3.55. The summed E-state index contributed by atoms with van der Waals surface area (Å²) in [4.78, 5) is 6.88. The molecule has 0 aliphatic rings. The van der Waals surface area contributed by atoms with Crippen LogP contribution >= 0.6 is 11.6 Å². The van der Waals surface area contributed by atoms with Gasteiger partial charge in [-0.05, 0) is 40.0 Å². The number of nitrogens with zero attached hydrogens (tertiary/aromatic N) is 4. The first-order chi connectivity index (χ1) is 9.95. The summed E-state index contributed by atoms with van der Waals surface area (Å²) in [5, 5.41) is 9.04. The van der Waals surface area contributed by atoms with Crippen LogP contribution < -0.4 is 0 Å². The molecule has 1 atom stereocenters. The number of hydrogen-bond donors (Lipinski definition) is 0. The third-order valence-electron chi connectivity index (χ3n) is 3.84. The number of alkyl halides is 1. The Morgan fingerprint density at radius 2 is 2.10 bits per heavy atom. The third kappa shape index (κ3) is 3.20. The zero-order valence-electron chi connectivity index (χ0n) is 13.0. The van der Waals surface area contributed by atoms with Crippen molar-refractivity contribution < 1.29 is 0 Å². The number of nitriles is 1. The predicted molar refractivity (Wildman–Crippen MR) is 86.5 cm³/mol. The number of para-hydroxylation sites is 1. The van der Waals surface area contributed by atoms with Crippen LogP contribution in [0.1, 0.15) is 37.5 Å². The lowest BCUT2D eigenvalue weighted by atomic mass is 10.2. The summed E-state index contributed by atoms with van der Waals surface area (Å²) in [7, 11) is 2.11. The molecule has 1 unspecified atom stereocenters. The minimum absolute atomic E-state index is 0.187. The SMILES string of the molecule is CC(Cl)c1nc2c(C#N)cccc2n1CCN(C)C(C)C. The summed E-state index contributed by atoms with van der Waals surface area (Å²) in [6.45, 7) is 7.98. The Hall–Kier alpha value is -1.57. The van der Waals surface area contributed by atoms with Crippen LogP contribution in [0, 0.1) is 11.3 Å². The Kier molecular flexibility index (Phi) is 4.87. The van der Waals surface area contributed by atoms with E-state index in [4.69, 9.17) is 11.6 Å². The Bertz CT molecular complexity index is 667. The third-order valence-corrected chi connectivity index (χ3v) is 4.04. The Morgan fingerprint density at radius 3 is 2.67 bits per heavy atom. The van der Waals surface area contributed by atoms with Gasteiger partial charge >= 0.3 is 0 Å². The lowest BCUT2D eigenvalue weighted by Crippen LogP contribution is -2.30. The van der Waals surface area contributed by atoms with E-state index >= 15 is 0 Å². The van der Waals surface area contributed by atoms with Crippen molar-refractivity contribution in [3.63, 3.8) is 0 Å². The molecule has 0 bridgehead atoms. The Balaban J connectivity index is 2.45. The van der Waals surface area contributed by atoms with Crippen LogP contribution in [0.3, 0.4) is 0 Å². The second kappa shape index (κ2) is 6.46. The standard InChI is InChI=1S/C16H21ClN4/c1-11(2)20(4)8-9-21-14-7-5-6-13(10-18)15(14)19-16(21)12(3)17/h5-7,11-12H,8-9H2,1-4H3. The summed E-state index contributed by atoms with van der Waals surface area (Å²) < 4.78 is 2.13. The molecule has 0 aliphatic heterocycles. The average Bonchev–Trinajstić information content (AvgIpc) is 2.83. The minimum atomic E-state index is -0.187. The van der Waals surface area contributed by atoms with E-state index in [9.17, 15) is 5.26 Å². The van der Waals surface area contributed by atoms with Crippen molar-refractivity contribution in [2.75, 3.05) is 13.6 Å². The van der Waals surface area contributed by atoms with Gasteiger partial charge in [-0.15, -0.1) is 11.6 Å². The van der Waals surface area contributed by atoms with Gasteiger partial charge in [0.15, 0.2) is 0 Å². The van der Waals surface area contributed by atoms with Gasteiger partial charge in [-0.3, -0.25) is 0 Å². The molecule has 2 rings (SSSR count). The largest absolute Gasteiger partial charge is 0.325 e. The molecule has 1 aromatic heterocycles. The molecule has 112 valence electrons. The molecule has 2 aromatic rings. The van der Waals surface area contributed by atoms with Crippen LogP contribution in [-0.2, 0) is 6.54 Å². The van der Waals surface area contributed by atoms with Gasteiger partial charge in [-0.1, -0.05) is 6.07 Å². The van der Waals surface area contributed by atoms with E-state index < -0.39 is 0 Å². The number of rotatable bonds is 5. The monoisotopic (exact) mass is 304 g/mol. The highest BCUT2D eigenvalue weighted by Gasteiger charge is 2.17. The first-order valence-corrected chi connectivity index (χ1v) is 7.63. The minimum Gasteiger partial charge on any atom is -0.325 e. The number of halogens is 1. The summed E-state index contributed by atoms with van der Waals surface area (Å²) in [5.74, 6) is 0.825. The molecule has 0 spiro atoms. The molecular formula is C16H21ClN4. The topological polar surface area (TPSA) is 44.9 Å². The molecule has 1 heterocycles. The molecule has 0 saturated heterocycles. The number of likely N-dealkylation sites (N-methyl/N-ethyl adjacent to an activating group) is 1. The van der Waals surface area contributed by atoms with Gasteiger partial charge in [0, 0.05) is 19.1 Å². The van der Waals surface area contributed by atoms with E-state index in [0.717, 1.165) is 29.9 Å². The summed E-state index contributed by atoms with van der Waals surface area (Å²) in [6.07, 6.45) is 0. The lowest BCUT2D eigenvalue weighted by Gasteiger charge is -2.22. The molecule has 0 saturated carbocycles. The van der Waals surface area contributed by atoms with Crippen molar-refractivity contribution in [2.45, 2.75) is 38.7 Å². The quantitative estimate of drug-likeness (QED) is 0.794. The second-order valence-corrected chi connectivity index (χ2v) is 6.25. The summed E-state index contributed by atoms with van der Waals surface area (Å²) in [5.41, 5.74) is 2.32. The smallest absolute Gasteiger partial charge is 0.127 e. The highest BCUT2D eigenvalue weighted by atomic mass is 35.5. The zero-order valence-corrected chi connectivity index (χ0v) is 13.7. The normalized spacial score (nSPS) is 13.0. The average molecular weight is 305 g/mol. The number of hydrogen-bond acceptors (Lipinski definition) is 3. The van der Waals surface area contributed by atoms with Crippen molar-refractivity contribution in [3.05, 3.63) is 29.6 Å². The summed E-state index contributed by atoms with van der Waals surface area (Å²) >= 11 is 6.27. The van der Waals surface area contributed by atoms with Crippen LogP contribution in [0.25, 0.3) is 11.0 Å². The van der Waals surface area contributed by atoms with Crippen LogP contribution in [0.15, 0.2) is 18.2 Å². The van der Waals surface area contributed by atoms with E-state index in [1.54, 1.807) is 6.07 Å². The van der Waals surface area contributed by atoms with Crippen LogP contribution in [-0.4, -0.2) is 34.1 Å². The molecule has 5 heteroatoms. The Labute approximate surface area is 130 Å². The van der Waals surface area contributed by atoms with Crippen molar-refractivity contribution in [3.8, 4) is 6.07 Å². The van der Waals surface area contributed by atoms with Gasteiger partial charge in [-0.2, -0.15) is 5.26 Å². The maximum Gasteiger partial charge on any atom is 0.127 e. The first-order valence-electron chi connectivity index (χ1n) is 7.19. The molecule has 0 fully saturated rings. The maximum atomic E-state index is 9.22. The highest BCUT2D eigenvalue weighted by Crippen LogP contribution is 2.26. The first kappa shape index (κ1) is 15.8. The molecule has 0 N–H and O–H groups in total. The van der Waals surface area contributed by atoms with E-state index in [1.165, 1.54) is 0 Å². The maximum absolute atomic E-state index is 9.22. The number of aromatic nitrogens is 2. The van der Waals surface area contributed by atoms with E-state index in [-0.39, 0.29) is 5.38 Å². The lowest BCUT2D eigenvalue weighted by molar-refractivity contribution is 0.263. The fourth-order valence-corrected chi connectivity index (χ4v) is 2.48. The zero-order chi connectivity index (χ0) is 15.6. The van der Waals surface area contributed by atoms with Crippen molar-refractivity contribution in [1.29, 1.82) is 5.26 Å². The number of fused-ring (bicyclic) bond motifs is 1. The second-order valence-electron chi connectivity index (χ2n) is 5.60. The summed E-state index contributed by atoms with van der Waals surface area (Å²) in [6, 6.07) is 8.39. The van der Waals surface area contributed by atoms with Gasteiger partial charge in [-0.25, -0.2) is 4.98 Å². The van der Waals surface area contributed by atoms with Crippen LogP contribution in [0.4, 0.5) is 0 Å². The molecule has 0 radical (unpaired) electrons. The Morgan fingerprint density at radius 1 is 1.38 bits per heavy atom. The van der Waals surface area contributed by atoms with Gasteiger partial charge in [0.05, 0.1) is 16.5 Å². The fraction of sp³-hybridized carbons (Fsp3) is 0.500.